The Balaban J connectivity index is 2.00. The Morgan fingerprint density at radius 1 is 1.39 bits per heavy atom. The molecular weight excluding hydrogens is 246 g/mol. The fourth-order valence-electron chi connectivity index (χ4n) is 2.10. The quantitative estimate of drug-likeness (QED) is 0.841. The van der Waals surface area contributed by atoms with Gasteiger partial charge in [-0.05, 0) is 25.0 Å². The summed E-state index contributed by atoms with van der Waals surface area (Å²) in [6, 6.07) is 7.99. The number of thioether (sulfide) groups is 1. The van der Waals surface area contributed by atoms with E-state index >= 15 is 0 Å². The van der Waals surface area contributed by atoms with Crippen molar-refractivity contribution < 1.29 is 9.59 Å². The minimum absolute atomic E-state index is 0.122. The number of hydrogen-bond donors (Lipinski definition) is 0. The summed E-state index contributed by atoms with van der Waals surface area (Å²) >= 11 is 1.31. The molecule has 1 aromatic carbocycles. The number of carbonyl (C=O) groups is 2. The largest absolute Gasteiger partial charge is 0.312 e. The molecule has 0 N–H and O–H groups in total. The first-order valence-electron chi connectivity index (χ1n) is 6.06. The summed E-state index contributed by atoms with van der Waals surface area (Å²) < 4.78 is 0. The fraction of sp³-hybridized carbons (Fsp3) is 0.429. The van der Waals surface area contributed by atoms with E-state index in [0.717, 1.165) is 18.0 Å². The Morgan fingerprint density at radius 2 is 2.06 bits per heavy atom. The van der Waals surface area contributed by atoms with Gasteiger partial charge in [0.15, 0.2) is 5.12 Å². The highest BCUT2D eigenvalue weighted by molar-refractivity contribution is 8.13. The van der Waals surface area contributed by atoms with E-state index in [4.69, 9.17) is 0 Å². The minimum Gasteiger partial charge on any atom is -0.312 e. The molecule has 2 rings (SSSR count). The van der Waals surface area contributed by atoms with Crippen LogP contribution in [0.4, 0.5) is 5.69 Å². The van der Waals surface area contributed by atoms with E-state index in [1.54, 1.807) is 6.92 Å². The molecule has 0 radical (unpaired) electrons. The van der Waals surface area contributed by atoms with E-state index in [9.17, 15) is 9.59 Å². The Bertz CT molecular complexity index is 455. The molecular formula is C14H17NO2S. The second-order valence-corrected chi connectivity index (χ2v) is 5.91. The molecule has 1 heterocycles. The van der Waals surface area contributed by atoms with Gasteiger partial charge in [-0.25, -0.2) is 0 Å². The van der Waals surface area contributed by atoms with Gasteiger partial charge in [0.2, 0.25) is 5.91 Å². The van der Waals surface area contributed by atoms with Gasteiger partial charge in [-0.15, -0.1) is 0 Å². The van der Waals surface area contributed by atoms with Crippen LogP contribution in [0.1, 0.15) is 18.9 Å². The van der Waals surface area contributed by atoms with Crippen LogP contribution >= 0.6 is 11.8 Å². The molecule has 0 saturated carbocycles. The molecule has 1 atom stereocenters. The van der Waals surface area contributed by atoms with E-state index in [1.807, 2.05) is 36.1 Å². The van der Waals surface area contributed by atoms with Crippen molar-refractivity contribution in [3.8, 4) is 0 Å². The van der Waals surface area contributed by atoms with Gasteiger partial charge in [-0.1, -0.05) is 29.5 Å². The average Bonchev–Trinajstić information content (AvgIpc) is 2.69. The van der Waals surface area contributed by atoms with Crippen molar-refractivity contribution in [2.45, 2.75) is 20.3 Å². The maximum Gasteiger partial charge on any atom is 0.227 e. The molecule has 18 heavy (non-hydrogen) atoms. The number of nitrogens with zero attached hydrogens (tertiary/aromatic N) is 1. The standard InChI is InChI=1S/C14H17NO2S/c1-10-3-5-13(6-4-10)15-8-12(7-14(15)17)9-18-11(2)16/h3-6,12H,7-9H2,1-2H3. The van der Waals surface area contributed by atoms with Crippen LogP contribution in [0.15, 0.2) is 24.3 Å². The number of benzene rings is 1. The number of anilines is 1. The van der Waals surface area contributed by atoms with Crippen LogP contribution in [-0.2, 0) is 9.59 Å². The smallest absolute Gasteiger partial charge is 0.227 e. The summed E-state index contributed by atoms with van der Waals surface area (Å²) in [6.45, 7) is 4.32. The highest BCUT2D eigenvalue weighted by Gasteiger charge is 2.30. The fourth-order valence-corrected chi connectivity index (χ4v) is 2.80. The third-order valence-corrected chi connectivity index (χ3v) is 4.12. The SMILES string of the molecule is CC(=O)SCC1CC(=O)N(c2ccc(C)cc2)C1. The third kappa shape index (κ3) is 3.13. The summed E-state index contributed by atoms with van der Waals surface area (Å²) in [5.41, 5.74) is 2.15. The molecule has 1 fully saturated rings. The van der Waals surface area contributed by atoms with Crippen LogP contribution < -0.4 is 4.90 Å². The lowest BCUT2D eigenvalue weighted by Gasteiger charge is -2.16. The first-order chi connectivity index (χ1) is 8.56. The lowest BCUT2D eigenvalue weighted by molar-refractivity contribution is -0.117. The van der Waals surface area contributed by atoms with Crippen molar-refractivity contribution in [3.63, 3.8) is 0 Å². The molecule has 4 heteroatoms. The van der Waals surface area contributed by atoms with Gasteiger partial charge in [0.05, 0.1) is 0 Å². The predicted octanol–water partition coefficient (Wildman–Crippen LogP) is 2.63. The summed E-state index contributed by atoms with van der Waals surface area (Å²) in [5.74, 6) is 1.18. The molecule has 0 aliphatic carbocycles. The van der Waals surface area contributed by atoms with E-state index in [1.165, 1.54) is 17.3 Å². The lowest BCUT2D eigenvalue weighted by atomic mass is 10.1. The maximum atomic E-state index is 11.9. The third-order valence-electron chi connectivity index (χ3n) is 3.07. The van der Waals surface area contributed by atoms with Gasteiger partial charge in [0.1, 0.15) is 0 Å². The van der Waals surface area contributed by atoms with Crippen LogP contribution in [0.5, 0.6) is 0 Å². The molecule has 1 aliphatic rings. The zero-order valence-corrected chi connectivity index (χ0v) is 11.5. The van der Waals surface area contributed by atoms with E-state index in [-0.39, 0.29) is 16.9 Å². The van der Waals surface area contributed by atoms with Crippen molar-refractivity contribution >= 4 is 28.5 Å². The lowest BCUT2D eigenvalue weighted by Crippen LogP contribution is -2.24. The van der Waals surface area contributed by atoms with Crippen molar-refractivity contribution in [1.82, 2.24) is 0 Å². The molecule has 3 nitrogen and oxygen atoms in total. The Morgan fingerprint density at radius 3 is 2.67 bits per heavy atom. The van der Waals surface area contributed by atoms with E-state index in [2.05, 4.69) is 0 Å². The topological polar surface area (TPSA) is 37.4 Å². The number of aryl methyl sites for hydroxylation is 1. The first kappa shape index (κ1) is 13.1. The molecule has 1 aliphatic heterocycles. The Labute approximate surface area is 112 Å². The molecule has 0 spiro atoms. The van der Waals surface area contributed by atoms with E-state index < -0.39 is 0 Å². The first-order valence-corrected chi connectivity index (χ1v) is 7.05. The van der Waals surface area contributed by atoms with Gasteiger partial charge < -0.3 is 4.90 Å². The number of amides is 1. The van der Waals surface area contributed by atoms with Gasteiger partial charge in [-0.2, -0.15) is 0 Å². The van der Waals surface area contributed by atoms with Crippen molar-refractivity contribution in [2.24, 2.45) is 5.92 Å². The molecule has 1 saturated heterocycles. The number of hydrogen-bond acceptors (Lipinski definition) is 3. The number of rotatable bonds is 3. The normalized spacial score (nSPS) is 19.3. The number of carbonyl (C=O) groups excluding carboxylic acids is 2. The maximum absolute atomic E-state index is 11.9. The van der Waals surface area contributed by atoms with Crippen LogP contribution in [0.2, 0.25) is 0 Å². The van der Waals surface area contributed by atoms with Crippen molar-refractivity contribution in [2.75, 3.05) is 17.2 Å². The molecule has 1 aromatic rings. The van der Waals surface area contributed by atoms with Crippen molar-refractivity contribution in [3.05, 3.63) is 29.8 Å². The second kappa shape index (κ2) is 5.57. The summed E-state index contributed by atoms with van der Waals surface area (Å²) in [5, 5.41) is 0.122. The zero-order chi connectivity index (χ0) is 13.1. The highest BCUT2D eigenvalue weighted by atomic mass is 32.2. The van der Waals surface area contributed by atoms with Gasteiger partial charge in [0, 0.05) is 31.3 Å². The summed E-state index contributed by atoms with van der Waals surface area (Å²) in [7, 11) is 0. The molecule has 96 valence electrons. The highest BCUT2D eigenvalue weighted by Crippen LogP contribution is 2.27. The van der Waals surface area contributed by atoms with Crippen LogP contribution in [0, 0.1) is 12.8 Å². The Kier molecular flexibility index (Phi) is 4.07. The zero-order valence-electron chi connectivity index (χ0n) is 10.7. The molecule has 1 amide bonds. The van der Waals surface area contributed by atoms with Crippen LogP contribution in [-0.4, -0.2) is 23.3 Å². The Hall–Kier alpha value is -1.29. The molecule has 1 unspecified atom stereocenters. The van der Waals surface area contributed by atoms with Crippen molar-refractivity contribution in [1.29, 1.82) is 0 Å². The van der Waals surface area contributed by atoms with Crippen LogP contribution in [0.25, 0.3) is 0 Å². The van der Waals surface area contributed by atoms with Gasteiger partial charge >= 0.3 is 0 Å². The molecule has 0 bridgehead atoms. The average molecular weight is 263 g/mol. The monoisotopic (exact) mass is 263 g/mol. The minimum atomic E-state index is 0.122. The second-order valence-electron chi connectivity index (χ2n) is 4.71. The molecule has 0 aromatic heterocycles. The van der Waals surface area contributed by atoms with Gasteiger partial charge in [0.25, 0.3) is 0 Å². The van der Waals surface area contributed by atoms with Crippen LogP contribution in [0.3, 0.4) is 0 Å². The summed E-state index contributed by atoms with van der Waals surface area (Å²) in [6.07, 6.45) is 0.550. The summed E-state index contributed by atoms with van der Waals surface area (Å²) in [4.78, 5) is 24.7. The van der Waals surface area contributed by atoms with Gasteiger partial charge in [-0.3, -0.25) is 9.59 Å². The predicted molar refractivity (Wildman–Crippen MR) is 74.8 cm³/mol. The van der Waals surface area contributed by atoms with E-state index in [0.29, 0.717) is 6.42 Å².